The van der Waals surface area contributed by atoms with Gasteiger partial charge < -0.3 is 15.2 Å². The van der Waals surface area contributed by atoms with Gasteiger partial charge in [0.25, 0.3) is 0 Å². The van der Waals surface area contributed by atoms with Crippen LogP contribution in [-0.2, 0) is 5.41 Å². The molecule has 0 heterocycles. The smallest absolute Gasteiger partial charge is 0.127 e. The molecule has 0 amide bonds. The Morgan fingerprint density at radius 2 is 1.74 bits per heavy atom. The maximum absolute atomic E-state index is 5.95. The van der Waals surface area contributed by atoms with Crippen molar-refractivity contribution < 1.29 is 9.47 Å². The van der Waals surface area contributed by atoms with Gasteiger partial charge in [-0.05, 0) is 25.0 Å². The second-order valence-electron chi connectivity index (χ2n) is 5.35. The Bertz CT molecular complexity index is 430. The molecule has 0 bridgehead atoms. The summed E-state index contributed by atoms with van der Waals surface area (Å²) in [7, 11) is 3.43. The van der Waals surface area contributed by atoms with Crippen molar-refractivity contribution in [3.63, 3.8) is 0 Å². The number of thioether (sulfide) groups is 1. The third kappa shape index (κ3) is 2.84. The Kier molecular flexibility index (Phi) is 4.31. The molecular formula is C15H23NO2S. The lowest BCUT2D eigenvalue weighted by Gasteiger charge is -2.21. The van der Waals surface area contributed by atoms with Gasteiger partial charge in [-0.1, -0.05) is 13.8 Å². The largest absolute Gasteiger partial charge is 0.496 e. The van der Waals surface area contributed by atoms with E-state index in [0.717, 1.165) is 29.9 Å². The maximum Gasteiger partial charge on any atom is 0.127 e. The number of ether oxygens (including phenoxy) is 2. The molecule has 0 spiro atoms. The number of nitrogens with two attached hydrogens (primary N) is 1. The van der Waals surface area contributed by atoms with Crippen LogP contribution in [0.25, 0.3) is 0 Å². The van der Waals surface area contributed by atoms with Gasteiger partial charge in [-0.15, -0.1) is 11.8 Å². The lowest BCUT2D eigenvalue weighted by molar-refractivity contribution is 0.375. The summed E-state index contributed by atoms with van der Waals surface area (Å²) in [5.74, 6) is 1.82. The summed E-state index contributed by atoms with van der Waals surface area (Å²) in [5.41, 5.74) is 7.16. The summed E-state index contributed by atoms with van der Waals surface area (Å²) in [6.45, 7) is 5.01. The highest BCUT2D eigenvalue weighted by Crippen LogP contribution is 2.54. The van der Waals surface area contributed by atoms with Crippen molar-refractivity contribution in [1.82, 2.24) is 0 Å². The molecule has 1 aromatic carbocycles. The quantitative estimate of drug-likeness (QED) is 0.813. The lowest BCUT2D eigenvalue weighted by Crippen LogP contribution is -2.21. The van der Waals surface area contributed by atoms with Gasteiger partial charge in [-0.3, -0.25) is 0 Å². The average Bonchev–Trinajstić information content (AvgIpc) is 3.17. The number of hydrogen-bond donors (Lipinski definition) is 1. The van der Waals surface area contributed by atoms with Crippen LogP contribution in [0.4, 0.5) is 0 Å². The van der Waals surface area contributed by atoms with E-state index in [1.165, 1.54) is 4.90 Å². The molecule has 3 nitrogen and oxygen atoms in total. The molecule has 0 aromatic heterocycles. The van der Waals surface area contributed by atoms with Gasteiger partial charge in [0.05, 0.1) is 14.2 Å². The van der Waals surface area contributed by atoms with E-state index < -0.39 is 0 Å². The molecule has 4 heteroatoms. The molecule has 2 rings (SSSR count). The zero-order chi connectivity index (χ0) is 14.0. The molecule has 1 aromatic rings. The normalized spacial score (nSPS) is 16.5. The standard InChI is InChI=1S/C15H23NO2S/c1-10(2)19-11-7-12(17-3)14(13(8-11)18-4)15(9-16)5-6-15/h7-8,10H,5-6,9,16H2,1-4H3. The molecule has 0 radical (unpaired) electrons. The predicted octanol–water partition coefficient (Wildman–Crippen LogP) is 3.19. The summed E-state index contributed by atoms with van der Waals surface area (Å²) in [4.78, 5) is 1.18. The van der Waals surface area contributed by atoms with Crippen molar-refractivity contribution in [1.29, 1.82) is 0 Å². The zero-order valence-electron chi connectivity index (χ0n) is 12.2. The van der Waals surface area contributed by atoms with Gasteiger partial charge in [0.2, 0.25) is 0 Å². The van der Waals surface area contributed by atoms with E-state index >= 15 is 0 Å². The highest BCUT2D eigenvalue weighted by Gasteiger charge is 2.47. The zero-order valence-corrected chi connectivity index (χ0v) is 13.0. The molecular weight excluding hydrogens is 258 g/mol. The second kappa shape index (κ2) is 5.63. The number of methoxy groups -OCH3 is 2. The van der Waals surface area contributed by atoms with Gasteiger partial charge in [-0.25, -0.2) is 0 Å². The Morgan fingerprint density at radius 1 is 1.21 bits per heavy atom. The SMILES string of the molecule is COc1cc(SC(C)C)cc(OC)c1C1(CN)CC1. The van der Waals surface area contributed by atoms with Crippen LogP contribution >= 0.6 is 11.8 Å². The van der Waals surface area contributed by atoms with E-state index in [1.54, 1.807) is 14.2 Å². The first-order valence-corrected chi connectivity index (χ1v) is 7.57. The fraction of sp³-hybridized carbons (Fsp3) is 0.600. The van der Waals surface area contributed by atoms with E-state index in [2.05, 4.69) is 26.0 Å². The minimum atomic E-state index is 0.0672. The van der Waals surface area contributed by atoms with Crippen LogP contribution in [0, 0.1) is 0 Å². The van der Waals surface area contributed by atoms with E-state index in [9.17, 15) is 0 Å². The first kappa shape index (κ1) is 14.5. The van der Waals surface area contributed by atoms with Crippen LogP contribution in [0.3, 0.4) is 0 Å². The van der Waals surface area contributed by atoms with E-state index in [0.29, 0.717) is 11.8 Å². The first-order chi connectivity index (χ1) is 9.06. The summed E-state index contributed by atoms with van der Waals surface area (Å²) in [6.07, 6.45) is 2.24. The van der Waals surface area contributed by atoms with Gasteiger partial charge in [-0.2, -0.15) is 0 Å². The van der Waals surface area contributed by atoms with Crippen LogP contribution in [-0.4, -0.2) is 26.0 Å². The topological polar surface area (TPSA) is 44.5 Å². The van der Waals surface area contributed by atoms with Gasteiger partial charge >= 0.3 is 0 Å². The van der Waals surface area contributed by atoms with E-state index in [1.807, 2.05) is 11.8 Å². The average molecular weight is 281 g/mol. The number of hydrogen-bond acceptors (Lipinski definition) is 4. The molecule has 0 aliphatic heterocycles. The molecule has 106 valence electrons. The molecule has 19 heavy (non-hydrogen) atoms. The van der Waals surface area contributed by atoms with Crippen molar-refractivity contribution in [2.75, 3.05) is 20.8 Å². The van der Waals surface area contributed by atoms with Crippen LogP contribution in [0.2, 0.25) is 0 Å². The Labute approximate surface area is 119 Å². The Hall–Kier alpha value is -0.870. The molecule has 2 N–H and O–H groups in total. The summed E-state index contributed by atoms with van der Waals surface area (Å²) in [6, 6.07) is 4.22. The first-order valence-electron chi connectivity index (χ1n) is 6.69. The molecule has 1 aliphatic carbocycles. The monoisotopic (exact) mass is 281 g/mol. The van der Waals surface area contributed by atoms with Crippen molar-refractivity contribution in [2.24, 2.45) is 5.73 Å². The lowest BCUT2D eigenvalue weighted by atomic mass is 9.94. The molecule has 0 unspecified atom stereocenters. The van der Waals surface area contributed by atoms with Crippen LogP contribution in [0.15, 0.2) is 17.0 Å². The summed E-state index contributed by atoms with van der Waals surface area (Å²) < 4.78 is 11.2. The van der Waals surface area contributed by atoms with Crippen molar-refractivity contribution >= 4 is 11.8 Å². The maximum atomic E-state index is 5.95. The van der Waals surface area contributed by atoms with E-state index in [-0.39, 0.29) is 5.41 Å². The highest BCUT2D eigenvalue weighted by atomic mass is 32.2. The molecule has 1 aliphatic rings. The van der Waals surface area contributed by atoms with Crippen molar-refractivity contribution in [3.05, 3.63) is 17.7 Å². The third-order valence-corrected chi connectivity index (χ3v) is 4.61. The number of rotatable bonds is 6. The van der Waals surface area contributed by atoms with Crippen LogP contribution in [0.1, 0.15) is 32.3 Å². The predicted molar refractivity (Wildman–Crippen MR) is 80.5 cm³/mol. The third-order valence-electron chi connectivity index (χ3n) is 3.63. The highest BCUT2D eigenvalue weighted by molar-refractivity contribution is 7.99. The molecule has 1 fully saturated rings. The Balaban J connectivity index is 2.47. The number of benzene rings is 1. The minimum absolute atomic E-state index is 0.0672. The van der Waals surface area contributed by atoms with Crippen LogP contribution < -0.4 is 15.2 Å². The van der Waals surface area contributed by atoms with E-state index in [4.69, 9.17) is 15.2 Å². The van der Waals surface area contributed by atoms with Gasteiger partial charge in [0.1, 0.15) is 11.5 Å². The van der Waals surface area contributed by atoms with Crippen LogP contribution in [0.5, 0.6) is 11.5 Å². The summed E-state index contributed by atoms with van der Waals surface area (Å²) in [5, 5.41) is 0.532. The van der Waals surface area contributed by atoms with Gasteiger partial charge in [0, 0.05) is 27.7 Å². The fourth-order valence-electron chi connectivity index (χ4n) is 2.46. The second-order valence-corrected chi connectivity index (χ2v) is 7.00. The fourth-order valence-corrected chi connectivity index (χ4v) is 3.35. The van der Waals surface area contributed by atoms with Crippen molar-refractivity contribution in [3.8, 4) is 11.5 Å². The minimum Gasteiger partial charge on any atom is -0.496 e. The summed E-state index contributed by atoms with van der Waals surface area (Å²) >= 11 is 1.81. The molecule has 1 saturated carbocycles. The van der Waals surface area contributed by atoms with Gasteiger partial charge in [0.15, 0.2) is 0 Å². The molecule has 0 saturated heterocycles. The molecule has 0 atom stereocenters. The van der Waals surface area contributed by atoms with Crippen molar-refractivity contribution in [2.45, 2.75) is 42.2 Å². The Morgan fingerprint density at radius 3 is 2.05 bits per heavy atom.